The molecule has 9 heteroatoms. The van der Waals surface area contributed by atoms with Gasteiger partial charge in [0.1, 0.15) is 19.8 Å². The quantitative estimate of drug-likeness (QED) is 0.0869. The summed E-state index contributed by atoms with van der Waals surface area (Å²) in [6.45, 7) is 34.8. The number of hydrogen-bond acceptors (Lipinski definition) is 7. The van der Waals surface area contributed by atoms with Gasteiger partial charge >= 0.3 is 17.9 Å². The van der Waals surface area contributed by atoms with Crippen LogP contribution in [0.2, 0.25) is 26.2 Å². The smallest absolute Gasteiger partial charge is 0.333 e. The highest BCUT2D eigenvalue weighted by atomic mass is 28.4. The Hall–Kier alpha value is -2.76. The van der Waals surface area contributed by atoms with Crippen molar-refractivity contribution in [2.75, 3.05) is 19.8 Å². The number of ether oxygens (including phenoxy) is 3. The van der Waals surface area contributed by atoms with E-state index in [-0.39, 0.29) is 25.8 Å². The van der Waals surface area contributed by atoms with E-state index in [0.29, 0.717) is 16.7 Å². The maximum Gasteiger partial charge on any atom is 0.333 e. The zero-order chi connectivity index (χ0) is 27.5. The minimum absolute atomic E-state index is 0.0325. The van der Waals surface area contributed by atoms with E-state index in [1.165, 1.54) is 6.08 Å². The number of carbonyl (C=O) groups is 3. The zero-order valence-corrected chi connectivity index (χ0v) is 24.0. The van der Waals surface area contributed by atoms with Gasteiger partial charge in [0.15, 0.2) is 8.32 Å². The van der Waals surface area contributed by atoms with E-state index >= 15 is 0 Å². The molecule has 0 aliphatic heterocycles. The Morgan fingerprint density at radius 1 is 0.676 bits per heavy atom. The molecule has 192 valence electrons. The van der Waals surface area contributed by atoms with Crippen LogP contribution in [-0.2, 0) is 32.7 Å². The van der Waals surface area contributed by atoms with Gasteiger partial charge in [0, 0.05) is 16.7 Å². The highest BCUT2D eigenvalue weighted by Crippen LogP contribution is 2.15. The van der Waals surface area contributed by atoms with E-state index in [1.54, 1.807) is 20.8 Å². The monoisotopic (exact) mass is 510 g/mol. The van der Waals surface area contributed by atoms with Crippen molar-refractivity contribution < 1.29 is 32.7 Å². The summed E-state index contributed by atoms with van der Waals surface area (Å²) >= 11 is 0. The first-order valence-electron chi connectivity index (χ1n) is 10.5. The number of hydrogen-bond donors (Lipinski definition) is 0. The summed E-state index contributed by atoms with van der Waals surface area (Å²) in [6, 6.07) is 0. The third kappa shape index (κ3) is 22.4. The topological polar surface area (TPSA) is 88.1 Å². The molecule has 0 rings (SSSR count). The molecule has 0 bridgehead atoms. The molecule has 0 aromatic carbocycles. The standard InChI is InChI=1S/C10H14O4.C8H18OSi2.C7H10O2/c1-7(2)9(11)13-5-6-14-10(12)8(3)4;1-7-11(6,8-2)9-10(3,4)5;1-4-5-9-7(8)6(2)3/h1,3,5-6H2,2,4H3;7-8H,1-2H2,3-6H3;4H,1-2,5H2,3H3. The lowest BCUT2D eigenvalue weighted by Gasteiger charge is -2.29. The predicted molar refractivity (Wildman–Crippen MR) is 144 cm³/mol. The summed E-state index contributed by atoms with van der Waals surface area (Å²) in [5, 5.41) is 0. The molecule has 0 atom stereocenters. The van der Waals surface area contributed by atoms with Gasteiger partial charge in [-0.05, 0) is 47.0 Å². The third-order valence-corrected chi connectivity index (χ3v) is 9.09. The van der Waals surface area contributed by atoms with Gasteiger partial charge in [0.2, 0.25) is 8.32 Å². The molecule has 0 fully saturated rings. The van der Waals surface area contributed by atoms with Crippen molar-refractivity contribution in [3.63, 3.8) is 0 Å². The average Bonchev–Trinajstić information content (AvgIpc) is 2.73. The van der Waals surface area contributed by atoms with Crippen molar-refractivity contribution in [1.29, 1.82) is 0 Å². The fraction of sp³-hybridized carbons (Fsp3) is 0.400. The third-order valence-electron chi connectivity index (χ3n) is 3.26. The van der Waals surface area contributed by atoms with E-state index in [0.717, 1.165) is 0 Å². The first-order chi connectivity index (χ1) is 15.5. The zero-order valence-electron chi connectivity index (χ0n) is 22.0. The fourth-order valence-corrected chi connectivity index (χ4v) is 7.71. The molecule has 0 aliphatic rings. The van der Waals surface area contributed by atoms with Gasteiger partial charge < -0.3 is 18.3 Å². The van der Waals surface area contributed by atoms with Crippen LogP contribution < -0.4 is 0 Å². The Kier molecular flexibility index (Phi) is 19.6. The summed E-state index contributed by atoms with van der Waals surface area (Å²) in [6.07, 6.45) is 1.51. The molecule has 7 nitrogen and oxygen atoms in total. The van der Waals surface area contributed by atoms with Crippen molar-refractivity contribution >= 4 is 34.5 Å². The van der Waals surface area contributed by atoms with Crippen molar-refractivity contribution in [1.82, 2.24) is 0 Å². The molecule has 0 N–H and O–H groups in total. The fourth-order valence-electron chi connectivity index (χ4n) is 1.60. The second-order valence-electron chi connectivity index (χ2n) is 8.31. The average molecular weight is 511 g/mol. The van der Waals surface area contributed by atoms with Crippen molar-refractivity contribution in [2.24, 2.45) is 0 Å². The number of esters is 3. The van der Waals surface area contributed by atoms with Crippen LogP contribution in [0.15, 0.2) is 73.7 Å². The molecule has 34 heavy (non-hydrogen) atoms. The lowest BCUT2D eigenvalue weighted by molar-refractivity contribution is -0.147. The highest BCUT2D eigenvalue weighted by Gasteiger charge is 2.28. The molecule has 0 heterocycles. The summed E-state index contributed by atoms with van der Waals surface area (Å²) in [5.74, 6) is -1.34. The first-order valence-corrected chi connectivity index (χ1v) is 16.5. The Labute approximate surface area is 207 Å². The van der Waals surface area contributed by atoms with E-state index in [2.05, 4.69) is 79.9 Å². The Morgan fingerprint density at radius 2 is 1.00 bits per heavy atom. The van der Waals surface area contributed by atoms with Gasteiger partial charge in [-0.25, -0.2) is 14.4 Å². The maximum atomic E-state index is 10.8. The summed E-state index contributed by atoms with van der Waals surface area (Å²) in [4.78, 5) is 32.2. The molecule has 0 unspecified atom stereocenters. The van der Waals surface area contributed by atoms with Crippen LogP contribution in [0.1, 0.15) is 20.8 Å². The molecule has 0 saturated carbocycles. The van der Waals surface area contributed by atoms with Crippen LogP contribution in [0.5, 0.6) is 0 Å². The molecule has 0 aromatic rings. The Balaban J connectivity index is -0.000000435. The molecule has 0 amide bonds. The van der Waals surface area contributed by atoms with Crippen LogP contribution >= 0.6 is 0 Å². The highest BCUT2D eigenvalue weighted by molar-refractivity contribution is 6.90. The van der Waals surface area contributed by atoms with Crippen LogP contribution in [0.25, 0.3) is 0 Å². The minimum Gasteiger partial charge on any atom is -0.459 e. The van der Waals surface area contributed by atoms with Gasteiger partial charge in [-0.2, -0.15) is 0 Å². The number of carbonyl (C=O) groups excluding carboxylic acids is 3. The van der Waals surface area contributed by atoms with E-state index in [4.69, 9.17) is 4.12 Å². The van der Waals surface area contributed by atoms with E-state index in [9.17, 15) is 14.4 Å². The second kappa shape index (κ2) is 18.6. The molecular weight excluding hydrogens is 468 g/mol. The van der Waals surface area contributed by atoms with Crippen molar-refractivity contribution in [3.8, 4) is 0 Å². The largest absolute Gasteiger partial charge is 0.459 e. The summed E-state index contributed by atoms with van der Waals surface area (Å²) in [7, 11) is -3.16. The van der Waals surface area contributed by atoms with Gasteiger partial charge in [-0.15, -0.1) is 13.2 Å². The minimum atomic E-state index is -1.74. The second-order valence-corrected chi connectivity index (χ2v) is 16.5. The molecule has 0 radical (unpaired) electrons. The molecule has 0 spiro atoms. The summed E-state index contributed by atoms with van der Waals surface area (Å²) < 4.78 is 19.9. The molecular formula is C25H42O7Si2. The normalized spacial score (nSPS) is 9.97. The molecule has 0 aliphatic carbocycles. The first kappa shape index (κ1) is 35.8. The van der Waals surface area contributed by atoms with Gasteiger partial charge in [0.05, 0.1) is 0 Å². The van der Waals surface area contributed by atoms with Crippen LogP contribution in [0.3, 0.4) is 0 Å². The lowest BCUT2D eigenvalue weighted by atomic mass is 10.4. The maximum absolute atomic E-state index is 10.8. The van der Waals surface area contributed by atoms with E-state index in [1.807, 2.05) is 11.4 Å². The predicted octanol–water partition coefficient (Wildman–Crippen LogP) is 5.38. The van der Waals surface area contributed by atoms with Crippen molar-refractivity contribution in [2.45, 2.75) is 47.0 Å². The Bertz CT molecular complexity index is 726. The number of rotatable bonds is 12. The molecule has 0 aromatic heterocycles. The summed E-state index contributed by atoms with van der Waals surface area (Å²) in [5.41, 5.74) is 4.90. The Morgan fingerprint density at radius 3 is 1.21 bits per heavy atom. The van der Waals surface area contributed by atoms with Gasteiger partial charge in [-0.1, -0.05) is 43.8 Å². The van der Waals surface area contributed by atoms with Crippen molar-refractivity contribution in [3.05, 3.63) is 73.7 Å². The van der Waals surface area contributed by atoms with Gasteiger partial charge in [0.25, 0.3) is 0 Å². The SMILES string of the molecule is C=C(C)C(=O)OCCOC(=O)C(=C)C.C=CCOC(=O)C(=C)C.C=C[Si](C)(C=C)O[Si](C)(C)C. The van der Waals surface area contributed by atoms with Crippen LogP contribution in [-0.4, -0.2) is 54.4 Å². The lowest BCUT2D eigenvalue weighted by Crippen LogP contribution is -2.41. The van der Waals surface area contributed by atoms with Crippen LogP contribution in [0.4, 0.5) is 0 Å². The van der Waals surface area contributed by atoms with Gasteiger partial charge in [-0.3, -0.25) is 0 Å². The van der Waals surface area contributed by atoms with E-state index < -0.39 is 28.6 Å². The van der Waals surface area contributed by atoms with Crippen LogP contribution in [0, 0.1) is 0 Å². The molecule has 0 saturated heterocycles.